The molecule has 30 heavy (non-hydrogen) atoms. The Bertz CT molecular complexity index is 1160. The fourth-order valence-electron chi connectivity index (χ4n) is 2.79. The normalized spacial score (nSPS) is 12.7. The van der Waals surface area contributed by atoms with E-state index in [-0.39, 0.29) is 11.2 Å². The van der Waals surface area contributed by atoms with Crippen molar-refractivity contribution in [3.8, 4) is 0 Å². The van der Waals surface area contributed by atoms with Crippen molar-refractivity contribution in [3.05, 3.63) is 63.4 Å². The highest BCUT2D eigenvalue weighted by atomic mass is 35.5. The number of hydrogen-bond donors (Lipinski definition) is 1. The van der Waals surface area contributed by atoms with Crippen molar-refractivity contribution in [2.75, 3.05) is 5.32 Å². The van der Waals surface area contributed by atoms with E-state index < -0.39 is 27.9 Å². The Labute approximate surface area is 179 Å². The maximum atomic E-state index is 13.0. The molecule has 0 saturated heterocycles. The number of rotatable bonds is 5. The average molecular weight is 456 g/mol. The maximum absolute atomic E-state index is 13.0. The zero-order valence-electron chi connectivity index (χ0n) is 16.0. The van der Waals surface area contributed by atoms with E-state index in [4.69, 9.17) is 11.6 Å². The van der Waals surface area contributed by atoms with Crippen molar-refractivity contribution in [3.63, 3.8) is 0 Å². The van der Waals surface area contributed by atoms with Crippen molar-refractivity contribution >= 4 is 45.9 Å². The molecule has 158 valence electrons. The van der Waals surface area contributed by atoms with Gasteiger partial charge in [0, 0.05) is 12.2 Å². The molecule has 0 aliphatic carbocycles. The van der Waals surface area contributed by atoms with E-state index >= 15 is 0 Å². The fourth-order valence-corrected chi connectivity index (χ4v) is 3.99. The van der Waals surface area contributed by atoms with Crippen LogP contribution >= 0.6 is 23.4 Å². The second-order valence-corrected chi connectivity index (χ2v) is 8.12. The third kappa shape index (κ3) is 4.62. The summed E-state index contributed by atoms with van der Waals surface area (Å²) < 4.78 is 40.5. The summed E-state index contributed by atoms with van der Waals surface area (Å²) in [6.45, 7) is 3.74. The molecule has 10 heteroatoms. The molecule has 1 heterocycles. The van der Waals surface area contributed by atoms with Gasteiger partial charge in [-0.2, -0.15) is 13.2 Å². The first-order valence-electron chi connectivity index (χ1n) is 8.95. The molecule has 1 N–H and O–H groups in total. The van der Waals surface area contributed by atoms with E-state index in [1.807, 2.05) is 0 Å². The first-order valence-corrected chi connectivity index (χ1v) is 10.2. The van der Waals surface area contributed by atoms with Crippen LogP contribution in [0.1, 0.15) is 19.4 Å². The summed E-state index contributed by atoms with van der Waals surface area (Å²) in [4.78, 5) is 29.7. The maximum Gasteiger partial charge on any atom is 0.417 e. The number of thioether (sulfide) groups is 1. The average Bonchev–Trinajstić information content (AvgIpc) is 2.69. The van der Waals surface area contributed by atoms with Crippen LogP contribution in [0.4, 0.5) is 18.9 Å². The lowest BCUT2D eigenvalue weighted by Gasteiger charge is -2.16. The monoisotopic (exact) mass is 455 g/mol. The van der Waals surface area contributed by atoms with E-state index in [1.54, 1.807) is 38.1 Å². The molecule has 2 aromatic carbocycles. The highest BCUT2D eigenvalue weighted by Crippen LogP contribution is 2.36. The van der Waals surface area contributed by atoms with Crippen molar-refractivity contribution < 1.29 is 18.0 Å². The van der Waals surface area contributed by atoms with E-state index in [2.05, 4.69) is 10.3 Å². The quantitative estimate of drug-likeness (QED) is 0.424. The van der Waals surface area contributed by atoms with Gasteiger partial charge < -0.3 is 5.32 Å². The van der Waals surface area contributed by atoms with Crippen LogP contribution < -0.4 is 10.9 Å². The third-order valence-electron chi connectivity index (χ3n) is 4.33. The number of benzene rings is 2. The lowest BCUT2D eigenvalue weighted by atomic mass is 10.2. The van der Waals surface area contributed by atoms with Gasteiger partial charge in [0.2, 0.25) is 5.91 Å². The molecule has 0 bridgehead atoms. The van der Waals surface area contributed by atoms with Crippen molar-refractivity contribution in [2.24, 2.45) is 0 Å². The third-order valence-corrected chi connectivity index (χ3v) is 5.75. The SMILES string of the molecule is CCn1c(SC(C)C(=O)Nc2ccc(Cl)c(C(F)(F)F)c2)nc2ccccc2c1=O. The van der Waals surface area contributed by atoms with Gasteiger partial charge in [-0.15, -0.1) is 0 Å². The minimum Gasteiger partial charge on any atom is -0.325 e. The number of para-hydroxylation sites is 1. The Morgan fingerprint density at radius 1 is 1.27 bits per heavy atom. The van der Waals surface area contributed by atoms with Gasteiger partial charge in [0.15, 0.2) is 5.16 Å². The predicted molar refractivity (Wildman–Crippen MR) is 112 cm³/mol. The van der Waals surface area contributed by atoms with Crippen LogP contribution in [0, 0.1) is 0 Å². The van der Waals surface area contributed by atoms with E-state index in [1.165, 1.54) is 10.6 Å². The summed E-state index contributed by atoms with van der Waals surface area (Å²) in [6.07, 6.45) is -4.63. The molecule has 0 aliphatic rings. The zero-order valence-corrected chi connectivity index (χ0v) is 17.5. The summed E-state index contributed by atoms with van der Waals surface area (Å²) in [5, 5.41) is 2.12. The zero-order chi connectivity index (χ0) is 22.1. The first kappa shape index (κ1) is 22.2. The number of nitrogens with one attached hydrogen (secondary N) is 1. The molecule has 0 fully saturated rings. The van der Waals surface area contributed by atoms with Gasteiger partial charge in [-0.1, -0.05) is 35.5 Å². The number of alkyl halides is 3. The van der Waals surface area contributed by atoms with Crippen molar-refractivity contribution in [1.29, 1.82) is 0 Å². The lowest BCUT2D eigenvalue weighted by Crippen LogP contribution is -2.26. The lowest BCUT2D eigenvalue weighted by molar-refractivity contribution is -0.137. The van der Waals surface area contributed by atoms with Crippen LogP contribution in [0.25, 0.3) is 10.9 Å². The second-order valence-electron chi connectivity index (χ2n) is 6.40. The Balaban J connectivity index is 1.84. The molecule has 0 saturated carbocycles. The minimum absolute atomic E-state index is 0.0245. The van der Waals surface area contributed by atoms with Crippen molar-refractivity contribution in [1.82, 2.24) is 9.55 Å². The highest BCUT2D eigenvalue weighted by molar-refractivity contribution is 8.00. The summed E-state index contributed by atoms with van der Waals surface area (Å²) in [6, 6.07) is 10.1. The van der Waals surface area contributed by atoms with Gasteiger partial charge in [0.25, 0.3) is 5.56 Å². The molecule has 1 atom stereocenters. The molecule has 3 rings (SSSR count). The Hall–Kier alpha value is -2.52. The molecular formula is C20H17ClF3N3O2S. The summed E-state index contributed by atoms with van der Waals surface area (Å²) in [5.41, 5.74) is -0.762. The largest absolute Gasteiger partial charge is 0.417 e. The molecule has 0 radical (unpaired) electrons. The molecule has 0 spiro atoms. The number of anilines is 1. The van der Waals surface area contributed by atoms with Crippen LogP contribution in [0.3, 0.4) is 0 Å². The molecule has 1 aromatic heterocycles. The van der Waals surface area contributed by atoms with Gasteiger partial charge in [0.1, 0.15) is 0 Å². The number of halogens is 4. The van der Waals surface area contributed by atoms with Gasteiger partial charge in [-0.25, -0.2) is 4.98 Å². The molecule has 1 unspecified atom stereocenters. The van der Waals surface area contributed by atoms with Crippen LogP contribution in [-0.4, -0.2) is 20.7 Å². The number of fused-ring (bicyclic) bond motifs is 1. The fraction of sp³-hybridized carbons (Fsp3) is 0.250. The summed E-state index contributed by atoms with van der Waals surface area (Å²) in [7, 11) is 0. The number of amides is 1. The molecule has 3 aromatic rings. The van der Waals surface area contributed by atoms with E-state index in [0.717, 1.165) is 23.9 Å². The molecule has 0 aliphatic heterocycles. The molecule has 1 amide bonds. The van der Waals surface area contributed by atoms with Gasteiger partial charge in [-0.3, -0.25) is 14.2 Å². The number of aromatic nitrogens is 2. The van der Waals surface area contributed by atoms with E-state index in [9.17, 15) is 22.8 Å². The topological polar surface area (TPSA) is 64.0 Å². The smallest absolute Gasteiger partial charge is 0.325 e. The van der Waals surface area contributed by atoms with Gasteiger partial charge in [0.05, 0.1) is 26.7 Å². The predicted octanol–water partition coefficient (Wildman–Crippen LogP) is 5.21. The number of hydrogen-bond acceptors (Lipinski definition) is 4. The van der Waals surface area contributed by atoms with Crippen LogP contribution in [0.5, 0.6) is 0 Å². The van der Waals surface area contributed by atoms with Gasteiger partial charge >= 0.3 is 6.18 Å². The standard InChI is InChI=1S/C20H17ClF3N3O2S/c1-3-27-18(29)13-6-4-5-7-16(13)26-19(27)30-11(2)17(28)25-12-8-9-15(21)14(10-12)20(22,23)24/h4-11H,3H2,1-2H3,(H,25,28). The minimum atomic E-state index is -4.63. The number of nitrogens with zero attached hydrogens (tertiary/aromatic N) is 2. The van der Waals surface area contributed by atoms with E-state index in [0.29, 0.717) is 22.6 Å². The van der Waals surface area contributed by atoms with Crippen molar-refractivity contribution in [2.45, 2.75) is 37.0 Å². The molecule has 5 nitrogen and oxygen atoms in total. The Kier molecular flexibility index (Phi) is 6.42. The number of carbonyl (C=O) groups excluding carboxylic acids is 1. The first-order chi connectivity index (χ1) is 14.1. The Morgan fingerprint density at radius 2 is 1.97 bits per heavy atom. The number of carbonyl (C=O) groups is 1. The summed E-state index contributed by atoms with van der Waals surface area (Å²) >= 11 is 6.66. The highest BCUT2D eigenvalue weighted by Gasteiger charge is 2.33. The second kappa shape index (κ2) is 8.69. The Morgan fingerprint density at radius 3 is 2.63 bits per heavy atom. The van der Waals surface area contributed by atoms with Gasteiger partial charge in [-0.05, 0) is 44.2 Å². The molecular weight excluding hydrogens is 439 g/mol. The van der Waals surface area contributed by atoms with Crippen LogP contribution in [0.2, 0.25) is 5.02 Å². The van der Waals surface area contributed by atoms with Crippen LogP contribution in [0.15, 0.2) is 52.4 Å². The summed E-state index contributed by atoms with van der Waals surface area (Å²) in [5.74, 6) is -0.527. The van der Waals surface area contributed by atoms with Crippen LogP contribution in [-0.2, 0) is 17.5 Å².